The Labute approximate surface area is 131 Å². The summed E-state index contributed by atoms with van der Waals surface area (Å²) in [5, 5.41) is 2.90. The lowest BCUT2D eigenvalue weighted by atomic mass is 10.0. The van der Waals surface area contributed by atoms with Crippen LogP contribution in [-0.2, 0) is 11.2 Å². The molecule has 0 atom stereocenters. The van der Waals surface area contributed by atoms with E-state index in [1.165, 1.54) is 0 Å². The number of fused-ring (bicyclic) bond motifs is 1. The normalized spacial score (nSPS) is 13.4. The van der Waals surface area contributed by atoms with Crippen molar-refractivity contribution in [3.8, 4) is 0 Å². The van der Waals surface area contributed by atoms with Crippen molar-refractivity contribution in [3.63, 3.8) is 0 Å². The van der Waals surface area contributed by atoms with Gasteiger partial charge in [-0.3, -0.25) is 9.59 Å². The molecule has 0 fully saturated rings. The Kier molecular flexibility index (Phi) is 5.36. The van der Waals surface area contributed by atoms with Crippen LogP contribution in [0.15, 0.2) is 18.2 Å². The Bertz CT molecular complexity index is 558. The van der Waals surface area contributed by atoms with Crippen LogP contribution in [0.4, 0.5) is 5.69 Å². The van der Waals surface area contributed by atoms with E-state index in [2.05, 4.69) is 5.32 Å². The maximum Gasteiger partial charge on any atom is 0.251 e. The van der Waals surface area contributed by atoms with Crippen LogP contribution in [0.2, 0.25) is 0 Å². The van der Waals surface area contributed by atoms with Crippen LogP contribution in [0.5, 0.6) is 0 Å². The molecule has 0 saturated heterocycles. The minimum absolute atomic E-state index is 0. The van der Waals surface area contributed by atoms with Crippen molar-refractivity contribution in [3.05, 3.63) is 29.3 Å². The third kappa shape index (κ3) is 3.74. The van der Waals surface area contributed by atoms with E-state index >= 15 is 0 Å². The fourth-order valence-electron chi connectivity index (χ4n) is 2.30. The third-order valence-corrected chi connectivity index (χ3v) is 3.58. The van der Waals surface area contributed by atoms with E-state index < -0.39 is 5.54 Å². The van der Waals surface area contributed by atoms with Crippen molar-refractivity contribution in [1.82, 2.24) is 5.32 Å². The van der Waals surface area contributed by atoms with E-state index in [4.69, 9.17) is 5.73 Å². The van der Waals surface area contributed by atoms with Crippen LogP contribution >= 0.6 is 12.4 Å². The summed E-state index contributed by atoms with van der Waals surface area (Å²) in [6.07, 6.45) is 0.788. The molecule has 116 valence electrons. The standard InChI is InChI=1S/C15H21N3O2.ClH/c1-10(19)18-7-6-11-8-12(4-5-13(11)18)14(20)17-15(2,3)9-16;/h4-5,8H,6-7,9,16H2,1-3H3,(H,17,20);1H. The number of carbonyl (C=O) groups excluding carboxylic acids is 2. The summed E-state index contributed by atoms with van der Waals surface area (Å²) in [6.45, 7) is 6.39. The molecule has 0 saturated carbocycles. The second-order valence-corrected chi connectivity index (χ2v) is 5.81. The summed E-state index contributed by atoms with van der Waals surface area (Å²) in [5.74, 6) is -0.102. The highest BCUT2D eigenvalue weighted by molar-refractivity contribution is 5.98. The molecule has 6 heteroatoms. The Hall–Kier alpha value is -1.59. The molecule has 1 aromatic rings. The van der Waals surface area contributed by atoms with Crippen molar-refractivity contribution < 1.29 is 9.59 Å². The molecule has 0 unspecified atom stereocenters. The first-order valence-electron chi connectivity index (χ1n) is 6.78. The number of nitrogens with one attached hydrogen (secondary N) is 1. The zero-order chi connectivity index (χ0) is 14.9. The Morgan fingerprint density at radius 3 is 2.62 bits per heavy atom. The van der Waals surface area contributed by atoms with Gasteiger partial charge in [0.2, 0.25) is 5.91 Å². The van der Waals surface area contributed by atoms with Crippen LogP contribution in [-0.4, -0.2) is 30.4 Å². The number of nitrogens with two attached hydrogens (primary N) is 1. The second kappa shape index (κ2) is 6.45. The highest BCUT2D eigenvalue weighted by atomic mass is 35.5. The van der Waals surface area contributed by atoms with E-state index in [1.54, 1.807) is 17.9 Å². The number of benzene rings is 1. The lowest BCUT2D eigenvalue weighted by Gasteiger charge is -2.24. The number of rotatable bonds is 3. The molecule has 2 amide bonds. The zero-order valence-corrected chi connectivity index (χ0v) is 13.4. The predicted octanol–water partition coefficient (Wildman–Crippen LogP) is 1.48. The van der Waals surface area contributed by atoms with Gasteiger partial charge in [-0.1, -0.05) is 0 Å². The van der Waals surface area contributed by atoms with Crippen LogP contribution in [0.1, 0.15) is 36.7 Å². The molecular formula is C15H22ClN3O2. The lowest BCUT2D eigenvalue weighted by Crippen LogP contribution is -2.48. The highest BCUT2D eigenvalue weighted by Gasteiger charge is 2.24. The first-order chi connectivity index (χ1) is 9.34. The van der Waals surface area contributed by atoms with Gasteiger partial charge in [0.1, 0.15) is 0 Å². The third-order valence-electron chi connectivity index (χ3n) is 3.58. The topological polar surface area (TPSA) is 75.4 Å². The summed E-state index contributed by atoms with van der Waals surface area (Å²) in [7, 11) is 0. The van der Waals surface area contributed by atoms with Crippen molar-refractivity contribution in [2.45, 2.75) is 32.7 Å². The largest absolute Gasteiger partial charge is 0.346 e. The monoisotopic (exact) mass is 311 g/mol. The van der Waals surface area contributed by atoms with Gasteiger partial charge in [0, 0.05) is 36.8 Å². The second-order valence-electron chi connectivity index (χ2n) is 5.81. The Morgan fingerprint density at radius 2 is 2.05 bits per heavy atom. The van der Waals surface area contributed by atoms with Gasteiger partial charge in [-0.15, -0.1) is 12.4 Å². The van der Waals surface area contributed by atoms with E-state index in [9.17, 15) is 9.59 Å². The average Bonchev–Trinajstić information content (AvgIpc) is 2.81. The van der Waals surface area contributed by atoms with Crippen LogP contribution < -0.4 is 16.0 Å². The van der Waals surface area contributed by atoms with E-state index in [0.29, 0.717) is 18.7 Å². The molecule has 0 radical (unpaired) electrons. The van der Waals surface area contributed by atoms with Crippen LogP contribution in [0, 0.1) is 0 Å². The summed E-state index contributed by atoms with van der Waals surface area (Å²) >= 11 is 0. The van der Waals surface area contributed by atoms with E-state index in [-0.39, 0.29) is 24.2 Å². The van der Waals surface area contributed by atoms with Gasteiger partial charge in [-0.05, 0) is 44.0 Å². The van der Waals surface area contributed by atoms with E-state index in [0.717, 1.165) is 17.7 Å². The number of amides is 2. The molecule has 1 aromatic carbocycles. The number of carbonyl (C=O) groups is 2. The maximum absolute atomic E-state index is 12.2. The van der Waals surface area contributed by atoms with Crippen LogP contribution in [0.25, 0.3) is 0 Å². The predicted molar refractivity (Wildman–Crippen MR) is 86.0 cm³/mol. The Morgan fingerprint density at radius 1 is 1.38 bits per heavy atom. The maximum atomic E-state index is 12.2. The van der Waals surface area contributed by atoms with Crippen molar-refractivity contribution in [2.24, 2.45) is 5.73 Å². The minimum atomic E-state index is -0.429. The minimum Gasteiger partial charge on any atom is -0.346 e. The zero-order valence-electron chi connectivity index (χ0n) is 12.6. The van der Waals surface area contributed by atoms with E-state index in [1.807, 2.05) is 26.0 Å². The summed E-state index contributed by atoms with van der Waals surface area (Å²) < 4.78 is 0. The number of nitrogens with zero attached hydrogens (tertiary/aromatic N) is 1. The molecular weight excluding hydrogens is 290 g/mol. The summed E-state index contributed by atoms with van der Waals surface area (Å²) in [6, 6.07) is 5.45. The van der Waals surface area contributed by atoms with Gasteiger partial charge in [-0.2, -0.15) is 0 Å². The smallest absolute Gasteiger partial charge is 0.251 e. The molecule has 5 nitrogen and oxygen atoms in total. The first-order valence-corrected chi connectivity index (χ1v) is 6.78. The van der Waals surface area contributed by atoms with Gasteiger partial charge in [0.25, 0.3) is 5.91 Å². The van der Waals surface area contributed by atoms with Gasteiger partial charge >= 0.3 is 0 Å². The fraction of sp³-hybridized carbons (Fsp3) is 0.467. The highest BCUT2D eigenvalue weighted by Crippen LogP contribution is 2.28. The van der Waals surface area contributed by atoms with Crippen molar-refractivity contribution in [1.29, 1.82) is 0 Å². The fourth-order valence-corrected chi connectivity index (χ4v) is 2.30. The SMILES string of the molecule is CC(=O)N1CCc2cc(C(=O)NC(C)(C)CN)ccc21.Cl. The molecule has 2 rings (SSSR count). The van der Waals surface area contributed by atoms with Gasteiger partial charge < -0.3 is 16.0 Å². The Balaban J connectivity index is 0.00000220. The lowest BCUT2D eigenvalue weighted by molar-refractivity contribution is -0.116. The number of anilines is 1. The number of hydrogen-bond acceptors (Lipinski definition) is 3. The molecule has 1 aliphatic heterocycles. The molecule has 0 aromatic heterocycles. The van der Waals surface area contributed by atoms with Gasteiger partial charge in [-0.25, -0.2) is 0 Å². The number of halogens is 1. The molecule has 1 aliphatic rings. The molecule has 0 bridgehead atoms. The molecule has 0 aliphatic carbocycles. The molecule has 0 spiro atoms. The number of hydrogen-bond donors (Lipinski definition) is 2. The molecule has 3 N–H and O–H groups in total. The molecule has 1 heterocycles. The van der Waals surface area contributed by atoms with Crippen LogP contribution in [0.3, 0.4) is 0 Å². The van der Waals surface area contributed by atoms with Crippen molar-refractivity contribution in [2.75, 3.05) is 18.0 Å². The average molecular weight is 312 g/mol. The summed E-state index contributed by atoms with van der Waals surface area (Å²) in [4.78, 5) is 25.4. The van der Waals surface area contributed by atoms with Crippen molar-refractivity contribution >= 4 is 29.9 Å². The van der Waals surface area contributed by atoms with Gasteiger partial charge in [0.05, 0.1) is 0 Å². The quantitative estimate of drug-likeness (QED) is 0.888. The first kappa shape index (κ1) is 17.5. The molecule has 21 heavy (non-hydrogen) atoms. The van der Waals surface area contributed by atoms with Gasteiger partial charge in [0.15, 0.2) is 0 Å². The summed E-state index contributed by atoms with van der Waals surface area (Å²) in [5.41, 5.74) is 7.74.